The lowest BCUT2D eigenvalue weighted by Gasteiger charge is -2.09. The topological polar surface area (TPSA) is 102 Å². The van der Waals surface area contributed by atoms with Crippen LogP contribution >= 0.6 is 0 Å². The van der Waals surface area contributed by atoms with Gasteiger partial charge in [-0.3, -0.25) is 9.59 Å². The number of Topliss-reactive ketones (excluding diaryl/α,β-unsaturated/α-hetero) is 1. The van der Waals surface area contributed by atoms with Crippen LogP contribution in [0.1, 0.15) is 38.7 Å². The number of rotatable bonds is 7. The van der Waals surface area contributed by atoms with E-state index in [0.717, 1.165) is 5.69 Å². The molecule has 0 saturated heterocycles. The largest absolute Gasteiger partial charge is 0.618 e. The number of hydrogen-bond donors (Lipinski definition) is 0. The zero-order chi connectivity index (χ0) is 19.3. The Kier molecular flexibility index (Phi) is 6.11. The average Bonchev–Trinajstić information content (AvgIpc) is 2.91. The molecular weight excluding hydrogens is 340 g/mol. The number of methoxy groups -OCH3 is 1. The van der Waals surface area contributed by atoms with Crippen LogP contribution in [0.25, 0.3) is 0 Å². The molecule has 0 unspecified atom stereocenters. The summed E-state index contributed by atoms with van der Waals surface area (Å²) >= 11 is 0. The Bertz CT molecular complexity index is 840. The van der Waals surface area contributed by atoms with Crippen LogP contribution in [-0.4, -0.2) is 36.0 Å². The molecule has 0 radical (unpaired) electrons. The second kappa shape index (κ2) is 8.28. The highest BCUT2D eigenvalue weighted by Gasteiger charge is 2.21. The van der Waals surface area contributed by atoms with Crippen LogP contribution in [0.4, 0.5) is 0 Å². The summed E-state index contributed by atoms with van der Waals surface area (Å²) in [4.78, 5) is 35.6. The van der Waals surface area contributed by atoms with E-state index in [0.29, 0.717) is 22.5 Å². The van der Waals surface area contributed by atoms with Crippen LogP contribution in [0.2, 0.25) is 0 Å². The lowest BCUT2D eigenvalue weighted by molar-refractivity contribution is -0.608. The molecule has 2 rings (SSSR count). The minimum atomic E-state index is -0.867. The Balaban J connectivity index is 2.05. The molecule has 0 aliphatic heterocycles. The van der Waals surface area contributed by atoms with Gasteiger partial charge in [0.25, 0.3) is 0 Å². The predicted molar refractivity (Wildman–Crippen MR) is 90.6 cm³/mol. The Labute approximate surface area is 150 Å². The van der Waals surface area contributed by atoms with Gasteiger partial charge in [-0.1, -0.05) is 0 Å². The maximum atomic E-state index is 12.4. The molecule has 0 fully saturated rings. The van der Waals surface area contributed by atoms with E-state index in [1.54, 1.807) is 13.0 Å². The van der Waals surface area contributed by atoms with Gasteiger partial charge in [0.1, 0.15) is 0 Å². The molecule has 0 atom stereocenters. The number of hydrogen-bond acceptors (Lipinski definition) is 6. The van der Waals surface area contributed by atoms with Crippen LogP contribution in [0.15, 0.2) is 30.5 Å². The molecule has 0 N–H and O–H groups in total. The Hall–Kier alpha value is -3.16. The fourth-order valence-electron chi connectivity index (χ4n) is 2.60. The van der Waals surface area contributed by atoms with Gasteiger partial charge in [0, 0.05) is 35.6 Å². The normalized spacial score (nSPS) is 10.4. The van der Waals surface area contributed by atoms with Crippen molar-refractivity contribution in [1.29, 1.82) is 0 Å². The second-order valence-electron chi connectivity index (χ2n) is 5.67. The lowest BCUT2D eigenvalue weighted by atomic mass is 10.1. The first-order chi connectivity index (χ1) is 12.3. The molecular formula is C18H20N2O6. The van der Waals surface area contributed by atoms with Crippen molar-refractivity contribution in [3.63, 3.8) is 0 Å². The van der Waals surface area contributed by atoms with Crippen molar-refractivity contribution in [1.82, 2.24) is 4.57 Å². The van der Waals surface area contributed by atoms with Crippen LogP contribution < -0.4 is 4.73 Å². The lowest BCUT2D eigenvalue weighted by Crippen LogP contribution is -2.35. The van der Waals surface area contributed by atoms with E-state index in [1.807, 2.05) is 11.5 Å². The molecule has 0 saturated carbocycles. The maximum Gasteiger partial charge on any atom is 0.405 e. The molecule has 8 heteroatoms. The van der Waals surface area contributed by atoms with Crippen molar-refractivity contribution in [3.8, 4) is 0 Å². The third kappa shape index (κ3) is 4.27. The minimum absolute atomic E-state index is 0.187. The van der Waals surface area contributed by atoms with Crippen LogP contribution in [0.5, 0.6) is 0 Å². The summed E-state index contributed by atoms with van der Waals surface area (Å²) < 4.78 is 11.8. The molecule has 8 nitrogen and oxygen atoms in total. The van der Waals surface area contributed by atoms with Crippen molar-refractivity contribution in [2.75, 3.05) is 13.7 Å². The maximum absolute atomic E-state index is 12.4. The number of aryl methyl sites for hydroxylation is 1. The molecule has 0 aromatic carbocycles. The Morgan fingerprint density at radius 1 is 1.23 bits per heavy atom. The number of ether oxygens (including phenoxy) is 2. The zero-order valence-electron chi connectivity index (χ0n) is 14.9. The van der Waals surface area contributed by atoms with Gasteiger partial charge >= 0.3 is 17.6 Å². The third-order valence-electron chi connectivity index (χ3n) is 4.01. The molecule has 0 aliphatic carbocycles. The monoisotopic (exact) mass is 360 g/mol. The first-order valence-corrected chi connectivity index (χ1v) is 7.97. The smallest absolute Gasteiger partial charge is 0.405 e. The van der Waals surface area contributed by atoms with E-state index in [9.17, 15) is 19.6 Å². The number of pyridine rings is 1. The van der Waals surface area contributed by atoms with E-state index in [4.69, 9.17) is 4.74 Å². The van der Waals surface area contributed by atoms with E-state index < -0.39 is 12.6 Å². The number of nitrogens with zero attached hydrogens (tertiary/aromatic N) is 2. The second-order valence-corrected chi connectivity index (χ2v) is 5.67. The summed E-state index contributed by atoms with van der Waals surface area (Å²) in [6.45, 7) is 3.48. The summed E-state index contributed by atoms with van der Waals surface area (Å²) in [6, 6.07) is 6.01. The molecule has 2 heterocycles. The fourth-order valence-corrected chi connectivity index (χ4v) is 2.60. The minimum Gasteiger partial charge on any atom is -0.618 e. The molecule has 0 bridgehead atoms. The number of esters is 2. The molecule has 0 aliphatic rings. The summed E-state index contributed by atoms with van der Waals surface area (Å²) in [5, 5.41) is 11.5. The average molecular weight is 360 g/mol. The van der Waals surface area contributed by atoms with Crippen LogP contribution in [-0.2, 0) is 20.8 Å². The molecule has 0 spiro atoms. The zero-order valence-corrected chi connectivity index (χ0v) is 14.9. The quantitative estimate of drug-likeness (QED) is 0.320. The molecule has 138 valence electrons. The number of carbonyl (C=O) groups is 3. The summed E-state index contributed by atoms with van der Waals surface area (Å²) in [6.07, 6.45) is 1.36. The summed E-state index contributed by atoms with van der Waals surface area (Å²) in [7, 11) is 1.32. The van der Waals surface area contributed by atoms with Crippen molar-refractivity contribution >= 4 is 17.7 Å². The summed E-state index contributed by atoms with van der Waals surface area (Å²) in [5.74, 6) is -1.59. The van der Waals surface area contributed by atoms with E-state index in [2.05, 4.69) is 4.74 Å². The van der Waals surface area contributed by atoms with Gasteiger partial charge < -0.3 is 19.2 Å². The van der Waals surface area contributed by atoms with Crippen molar-refractivity contribution in [3.05, 3.63) is 58.3 Å². The first-order valence-electron chi connectivity index (χ1n) is 7.97. The van der Waals surface area contributed by atoms with Crippen molar-refractivity contribution in [2.45, 2.75) is 26.8 Å². The van der Waals surface area contributed by atoms with Gasteiger partial charge in [0.2, 0.25) is 5.78 Å². The predicted octanol–water partition coefficient (Wildman–Crippen LogP) is 1.34. The highest BCUT2D eigenvalue weighted by Crippen LogP contribution is 2.17. The van der Waals surface area contributed by atoms with Gasteiger partial charge in [0.15, 0.2) is 12.8 Å². The third-order valence-corrected chi connectivity index (χ3v) is 4.01. The highest BCUT2D eigenvalue weighted by atomic mass is 16.5. The van der Waals surface area contributed by atoms with E-state index >= 15 is 0 Å². The number of ketones is 1. The Morgan fingerprint density at radius 2 is 1.96 bits per heavy atom. The van der Waals surface area contributed by atoms with Crippen molar-refractivity contribution in [2.24, 2.45) is 0 Å². The highest BCUT2D eigenvalue weighted by molar-refractivity contribution is 6.00. The standard InChI is InChI=1S/C18H20N2O6/c1-12-10-14(13(2)19(12)9-7-17(22)25-3)16(21)11-26-18(23)15-6-4-5-8-20(15)24/h4-6,8,10H,7,9,11H2,1-3H3. The molecule has 26 heavy (non-hydrogen) atoms. The number of aromatic nitrogens is 2. The summed E-state index contributed by atoms with van der Waals surface area (Å²) in [5.41, 5.74) is 1.69. The van der Waals surface area contributed by atoms with Gasteiger partial charge in [-0.2, -0.15) is 4.73 Å². The van der Waals surface area contributed by atoms with Crippen LogP contribution in [0.3, 0.4) is 0 Å². The van der Waals surface area contributed by atoms with Gasteiger partial charge in [-0.05, 0) is 26.0 Å². The van der Waals surface area contributed by atoms with Gasteiger partial charge in [-0.15, -0.1) is 0 Å². The SMILES string of the molecule is COC(=O)CCn1c(C)cc(C(=O)COC(=O)c2cccc[n+]2[O-])c1C. The molecule has 2 aromatic heterocycles. The molecule has 0 amide bonds. The van der Waals surface area contributed by atoms with E-state index in [-0.39, 0.29) is 23.9 Å². The number of carbonyl (C=O) groups excluding carboxylic acids is 3. The van der Waals surface area contributed by atoms with Crippen molar-refractivity contribution < 1.29 is 28.6 Å². The Morgan fingerprint density at radius 3 is 2.62 bits per heavy atom. The van der Waals surface area contributed by atoms with Gasteiger partial charge in [0.05, 0.1) is 13.5 Å². The first kappa shape index (κ1) is 19.2. The van der Waals surface area contributed by atoms with Crippen LogP contribution in [0, 0.1) is 19.1 Å². The molecule has 2 aromatic rings. The van der Waals surface area contributed by atoms with Gasteiger partial charge in [-0.25, -0.2) is 4.79 Å². The van der Waals surface area contributed by atoms with E-state index in [1.165, 1.54) is 31.5 Å². The fraction of sp³-hybridized carbons (Fsp3) is 0.333.